The summed E-state index contributed by atoms with van der Waals surface area (Å²) in [6.45, 7) is 5.94. The molecule has 4 rings (SSSR count). The van der Waals surface area contributed by atoms with E-state index < -0.39 is 0 Å². The first-order valence-corrected chi connectivity index (χ1v) is 8.82. The van der Waals surface area contributed by atoms with Gasteiger partial charge in [-0.05, 0) is 67.8 Å². The fraction of sp³-hybridized carbons (Fsp3) is 0.130. The monoisotopic (exact) mass is 356 g/mol. The normalized spacial score (nSPS) is 11.5. The van der Waals surface area contributed by atoms with E-state index in [-0.39, 0.29) is 5.75 Å². The second kappa shape index (κ2) is 6.72. The molecule has 0 spiro atoms. The molecule has 4 nitrogen and oxygen atoms in total. The highest BCUT2D eigenvalue weighted by Crippen LogP contribution is 2.29. The molecule has 27 heavy (non-hydrogen) atoms. The Bertz CT molecular complexity index is 1170. The lowest BCUT2D eigenvalue weighted by molar-refractivity contribution is 0.470. The number of para-hydroxylation sites is 1. The van der Waals surface area contributed by atoms with Gasteiger partial charge in [-0.2, -0.15) is 0 Å². The van der Waals surface area contributed by atoms with Crippen LogP contribution >= 0.6 is 0 Å². The molecular weight excluding hydrogens is 336 g/mol. The van der Waals surface area contributed by atoms with Gasteiger partial charge in [0.1, 0.15) is 11.3 Å². The number of fused-ring (bicyclic) bond motifs is 1. The lowest BCUT2D eigenvalue weighted by Crippen LogP contribution is -1.85. The molecule has 0 aliphatic carbocycles. The molecule has 134 valence electrons. The first-order valence-electron chi connectivity index (χ1n) is 8.82. The maximum absolute atomic E-state index is 10.1. The fourth-order valence-corrected chi connectivity index (χ4v) is 3.15. The van der Waals surface area contributed by atoms with Crippen molar-refractivity contribution in [3.8, 4) is 17.2 Å². The Balaban J connectivity index is 1.70. The third-order valence-electron chi connectivity index (χ3n) is 4.53. The van der Waals surface area contributed by atoms with Crippen LogP contribution in [0.15, 0.2) is 64.0 Å². The third-order valence-corrected chi connectivity index (χ3v) is 4.53. The standard InChI is InChI=1S/C23H20N2O2/c1-14-10-16(3)22-20(11-14)25-23(27-22)17-7-5-9-19(12-17)24-13-18-8-4-6-15(2)21(18)26/h4-13,26H,1-3H3. The maximum atomic E-state index is 10.1. The van der Waals surface area contributed by atoms with Gasteiger partial charge in [0.25, 0.3) is 0 Å². The number of oxazole rings is 1. The second-order valence-electron chi connectivity index (χ2n) is 6.77. The number of aliphatic imine (C=N–C) groups is 1. The molecule has 0 saturated carbocycles. The summed E-state index contributed by atoms with van der Waals surface area (Å²) in [4.78, 5) is 9.13. The predicted octanol–water partition coefficient (Wildman–Crippen LogP) is 5.88. The summed E-state index contributed by atoms with van der Waals surface area (Å²) < 4.78 is 5.99. The molecule has 1 N–H and O–H groups in total. The molecule has 4 aromatic rings. The Morgan fingerprint density at radius 3 is 2.63 bits per heavy atom. The van der Waals surface area contributed by atoms with Crippen molar-refractivity contribution in [2.24, 2.45) is 4.99 Å². The highest BCUT2D eigenvalue weighted by molar-refractivity contribution is 5.86. The molecule has 0 fully saturated rings. The fourth-order valence-electron chi connectivity index (χ4n) is 3.15. The van der Waals surface area contributed by atoms with E-state index in [2.05, 4.69) is 23.0 Å². The lowest BCUT2D eigenvalue weighted by Gasteiger charge is -2.02. The molecule has 0 saturated heterocycles. The predicted molar refractivity (Wildman–Crippen MR) is 109 cm³/mol. The van der Waals surface area contributed by atoms with Gasteiger partial charge in [-0.3, -0.25) is 4.99 Å². The summed E-state index contributed by atoms with van der Waals surface area (Å²) in [5.41, 5.74) is 7.06. The van der Waals surface area contributed by atoms with Crippen LogP contribution in [-0.2, 0) is 0 Å². The van der Waals surface area contributed by atoms with Crippen LogP contribution in [0.3, 0.4) is 0 Å². The largest absolute Gasteiger partial charge is 0.507 e. The number of aromatic nitrogens is 1. The van der Waals surface area contributed by atoms with Gasteiger partial charge < -0.3 is 9.52 Å². The van der Waals surface area contributed by atoms with Crippen molar-refractivity contribution in [3.63, 3.8) is 0 Å². The molecule has 0 unspecified atom stereocenters. The molecule has 0 amide bonds. The van der Waals surface area contributed by atoms with Gasteiger partial charge in [0.05, 0.1) is 5.69 Å². The third kappa shape index (κ3) is 3.34. The molecule has 1 aromatic heterocycles. The minimum absolute atomic E-state index is 0.252. The minimum Gasteiger partial charge on any atom is -0.507 e. The van der Waals surface area contributed by atoms with Crippen molar-refractivity contribution < 1.29 is 9.52 Å². The number of aromatic hydroxyl groups is 1. The van der Waals surface area contributed by atoms with Gasteiger partial charge in [-0.15, -0.1) is 0 Å². The minimum atomic E-state index is 0.252. The summed E-state index contributed by atoms with van der Waals surface area (Å²) in [5.74, 6) is 0.830. The molecule has 0 atom stereocenters. The average Bonchev–Trinajstić information content (AvgIpc) is 3.08. The molecule has 3 aromatic carbocycles. The smallest absolute Gasteiger partial charge is 0.227 e. The highest BCUT2D eigenvalue weighted by Gasteiger charge is 2.11. The molecule has 0 bridgehead atoms. The molecule has 0 aliphatic heterocycles. The zero-order valence-corrected chi connectivity index (χ0v) is 15.5. The highest BCUT2D eigenvalue weighted by atomic mass is 16.3. The van der Waals surface area contributed by atoms with Crippen LogP contribution < -0.4 is 0 Å². The molecule has 0 aliphatic rings. The van der Waals surface area contributed by atoms with Crippen LogP contribution in [0.5, 0.6) is 5.75 Å². The summed E-state index contributed by atoms with van der Waals surface area (Å²) in [7, 11) is 0. The Morgan fingerprint density at radius 1 is 0.963 bits per heavy atom. The number of aryl methyl sites for hydroxylation is 3. The van der Waals surface area contributed by atoms with Crippen LogP contribution in [0.4, 0.5) is 5.69 Å². The number of phenolic OH excluding ortho intramolecular Hbond substituents is 1. The zero-order valence-electron chi connectivity index (χ0n) is 15.5. The van der Waals surface area contributed by atoms with E-state index in [1.807, 2.05) is 62.4 Å². The first kappa shape index (κ1) is 17.0. The SMILES string of the molecule is Cc1cc(C)c2oc(-c3cccc(N=Cc4cccc(C)c4O)c3)nc2c1. The van der Waals surface area contributed by atoms with Crippen molar-refractivity contribution in [2.45, 2.75) is 20.8 Å². The van der Waals surface area contributed by atoms with E-state index in [1.54, 1.807) is 6.21 Å². The molecule has 1 heterocycles. The Hall–Kier alpha value is -3.40. The van der Waals surface area contributed by atoms with Crippen LogP contribution in [0.2, 0.25) is 0 Å². The summed E-state index contributed by atoms with van der Waals surface area (Å²) >= 11 is 0. The van der Waals surface area contributed by atoms with Crippen molar-refractivity contribution in [1.82, 2.24) is 4.98 Å². The quantitative estimate of drug-likeness (QED) is 0.467. The van der Waals surface area contributed by atoms with Crippen molar-refractivity contribution in [3.05, 3.63) is 76.9 Å². The summed E-state index contributed by atoms with van der Waals surface area (Å²) in [6.07, 6.45) is 1.67. The van der Waals surface area contributed by atoms with E-state index in [0.717, 1.165) is 39.0 Å². The van der Waals surface area contributed by atoms with Crippen LogP contribution in [0.1, 0.15) is 22.3 Å². The summed E-state index contributed by atoms with van der Waals surface area (Å²) in [5, 5.41) is 10.1. The Morgan fingerprint density at radius 2 is 1.78 bits per heavy atom. The van der Waals surface area contributed by atoms with Gasteiger partial charge in [0.2, 0.25) is 5.89 Å². The Labute approximate surface area is 157 Å². The van der Waals surface area contributed by atoms with Crippen LogP contribution in [-0.4, -0.2) is 16.3 Å². The van der Waals surface area contributed by atoms with Crippen molar-refractivity contribution in [1.29, 1.82) is 0 Å². The molecule has 0 radical (unpaired) electrons. The van der Waals surface area contributed by atoms with E-state index >= 15 is 0 Å². The van der Waals surface area contributed by atoms with E-state index in [0.29, 0.717) is 11.5 Å². The van der Waals surface area contributed by atoms with E-state index in [1.165, 1.54) is 0 Å². The van der Waals surface area contributed by atoms with Crippen LogP contribution in [0, 0.1) is 20.8 Å². The number of hydrogen-bond donors (Lipinski definition) is 1. The number of hydrogen-bond acceptors (Lipinski definition) is 4. The second-order valence-corrected chi connectivity index (χ2v) is 6.77. The molecular formula is C23H20N2O2. The maximum Gasteiger partial charge on any atom is 0.227 e. The molecule has 4 heteroatoms. The van der Waals surface area contributed by atoms with Crippen molar-refractivity contribution in [2.75, 3.05) is 0 Å². The van der Waals surface area contributed by atoms with Gasteiger partial charge in [0.15, 0.2) is 5.58 Å². The zero-order chi connectivity index (χ0) is 19.0. The number of phenols is 1. The van der Waals surface area contributed by atoms with Gasteiger partial charge >= 0.3 is 0 Å². The van der Waals surface area contributed by atoms with Gasteiger partial charge in [0, 0.05) is 17.3 Å². The number of benzene rings is 3. The average molecular weight is 356 g/mol. The topological polar surface area (TPSA) is 58.6 Å². The lowest BCUT2D eigenvalue weighted by atomic mass is 10.1. The van der Waals surface area contributed by atoms with Crippen LogP contribution in [0.25, 0.3) is 22.6 Å². The first-order chi connectivity index (χ1) is 13.0. The van der Waals surface area contributed by atoms with Gasteiger partial charge in [-0.1, -0.05) is 24.3 Å². The van der Waals surface area contributed by atoms with Crippen molar-refractivity contribution >= 4 is 23.0 Å². The van der Waals surface area contributed by atoms with Gasteiger partial charge in [-0.25, -0.2) is 4.98 Å². The van der Waals surface area contributed by atoms with E-state index in [4.69, 9.17) is 4.42 Å². The summed E-state index contributed by atoms with van der Waals surface area (Å²) in [6, 6.07) is 17.4. The number of nitrogens with zero attached hydrogens (tertiary/aromatic N) is 2. The van der Waals surface area contributed by atoms with E-state index in [9.17, 15) is 5.11 Å². The number of rotatable bonds is 3. The Kier molecular flexibility index (Phi) is 4.24.